The summed E-state index contributed by atoms with van der Waals surface area (Å²) in [6, 6.07) is 13.9. The van der Waals surface area contributed by atoms with Gasteiger partial charge >= 0.3 is 5.97 Å². The molecule has 6 nitrogen and oxygen atoms in total. The Balaban J connectivity index is 1.80. The van der Waals surface area contributed by atoms with Gasteiger partial charge in [0.05, 0.1) is 19.7 Å². The van der Waals surface area contributed by atoms with Gasteiger partial charge in [0.2, 0.25) is 5.91 Å². The Labute approximate surface area is 150 Å². The fraction of sp³-hybridized carbons (Fsp3) is 0.167. The molecular formula is C18H17ClN2O4. The second kappa shape index (κ2) is 9.44. The number of nitrogens with one attached hydrogen (secondary N) is 1. The van der Waals surface area contributed by atoms with Crippen molar-refractivity contribution in [3.8, 4) is 5.75 Å². The summed E-state index contributed by atoms with van der Waals surface area (Å²) in [5.41, 5.74) is 4.09. The Bertz CT molecular complexity index is 743. The summed E-state index contributed by atoms with van der Waals surface area (Å²) in [5, 5.41) is 4.53. The van der Waals surface area contributed by atoms with E-state index in [-0.39, 0.29) is 18.9 Å². The van der Waals surface area contributed by atoms with Crippen LogP contribution >= 0.6 is 11.6 Å². The maximum absolute atomic E-state index is 11.8. The van der Waals surface area contributed by atoms with Crippen LogP contribution in [0.1, 0.15) is 11.1 Å². The Hall–Kier alpha value is -2.86. The van der Waals surface area contributed by atoms with E-state index in [1.165, 1.54) is 13.3 Å². The molecule has 25 heavy (non-hydrogen) atoms. The van der Waals surface area contributed by atoms with Crippen molar-refractivity contribution in [2.45, 2.75) is 6.42 Å². The van der Waals surface area contributed by atoms with Crippen LogP contribution in [0.25, 0.3) is 0 Å². The first-order valence-electron chi connectivity index (χ1n) is 7.43. The third-order valence-corrected chi connectivity index (χ3v) is 3.40. The summed E-state index contributed by atoms with van der Waals surface area (Å²) in [6.07, 6.45) is 1.73. The van der Waals surface area contributed by atoms with Crippen LogP contribution < -0.4 is 10.2 Å². The number of nitrogens with zero attached hydrogens (tertiary/aromatic N) is 1. The molecule has 0 aliphatic carbocycles. The van der Waals surface area contributed by atoms with E-state index in [2.05, 4.69) is 15.3 Å². The lowest BCUT2D eigenvalue weighted by atomic mass is 10.1. The Morgan fingerprint density at radius 1 is 1.12 bits per heavy atom. The van der Waals surface area contributed by atoms with Crippen LogP contribution in [-0.4, -0.2) is 31.8 Å². The van der Waals surface area contributed by atoms with Gasteiger partial charge in [-0.1, -0.05) is 23.7 Å². The van der Waals surface area contributed by atoms with Gasteiger partial charge in [-0.05, 0) is 47.5 Å². The van der Waals surface area contributed by atoms with Crippen molar-refractivity contribution in [2.75, 3.05) is 13.7 Å². The first-order valence-corrected chi connectivity index (χ1v) is 7.80. The van der Waals surface area contributed by atoms with Crippen molar-refractivity contribution in [3.63, 3.8) is 0 Å². The number of carbonyl (C=O) groups is 2. The Kier molecular flexibility index (Phi) is 6.98. The van der Waals surface area contributed by atoms with E-state index in [0.717, 1.165) is 11.1 Å². The summed E-state index contributed by atoms with van der Waals surface area (Å²) in [4.78, 5) is 22.8. The monoisotopic (exact) mass is 360 g/mol. The molecule has 2 aromatic rings. The zero-order valence-corrected chi connectivity index (χ0v) is 14.3. The molecule has 0 bridgehead atoms. The molecule has 0 saturated heterocycles. The molecule has 130 valence electrons. The van der Waals surface area contributed by atoms with Gasteiger partial charge in [-0.25, -0.2) is 10.2 Å². The van der Waals surface area contributed by atoms with Crippen LogP contribution in [0.3, 0.4) is 0 Å². The summed E-state index contributed by atoms with van der Waals surface area (Å²) in [5.74, 6) is -0.139. The lowest BCUT2D eigenvalue weighted by Gasteiger charge is -2.04. The van der Waals surface area contributed by atoms with Crippen molar-refractivity contribution in [2.24, 2.45) is 5.10 Å². The quantitative estimate of drug-likeness (QED) is 0.467. The zero-order valence-electron chi connectivity index (χ0n) is 13.6. The van der Waals surface area contributed by atoms with Crippen molar-refractivity contribution in [3.05, 3.63) is 64.7 Å². The van der Waals surface area contributed by atoms with E-state index in [0.29, 0.717) is 10.8 Å². The van der Waals surface area contributed by atoms with Crippen LogP contribution in [0.5, 0.6) is 5.75 Å². The summed E-state index contributed by atoms with van der Waals surface area (Å²) >= 11 is 5.80. The molecular weight excluding hydrogens is 344 g/mol. The van der Waals surface area contributed by atoms with Gasteiger partial charge < -0.3 is 9.47 Å². The molecule has 0 saturated carbocycles. The molecule has 0 heterocycles. The van der Waals surface area contributed by atoms with E-state index in [1.807, 2.05) is 0 Å². The number of ether oxygens (including phenoxy) is 2. The molecule has 1 amide bonds. The number of hydrogen-bond donors (Lipinski definition) is 1. The lowest BCUT2D eigenvalue weighted by molar-refractivity contribution is -0.142. The first kappa shape index (κ1) is 18.5. The molecule has 0 fully saturated rings. The van der Waals surface area contributed by atoms with Crippen molar-refractivity contribution in [1.82, 2.24) is 5.43 Å². The molecule has 0 unspecified atom stereocenters. The van der Waals surface area contributed by atoms with Gasteiger partial charge in [0.1, 0.15) is 5.75 Å². The molecule has 0 aliphatic rings. The number of benzene rings is 2. The minimum atomic E-state index is -0.450. The minimum absolute atomic E-state index is 0.148. The van der Waals surface area contributed by atoms with E-state index in [1.54, 1.807) is 48.5 Å². The molecule has 0 aromatic heterocycles. The van der Waals surface area contributed by atoms with Gasteiger partial charge in [-0.3, -0.25) is 4.79 Å². The fourth-order valence-electron chi connectivity index (χ4n) is 1.86. The zero-order chi connectivity index (χ0) is 18.1. The highest BCUT2D eigenvalue weighted by atomic mass is 35.5. The van der Waals surface area contributed by atoms with Gasteiger partial charge in [-0.15, -0.1) is 0 Å². The van der Waals surface area contributed by atoms with E-state index >= 15 is 0 Å². The van der Waals surface area contributed by atoms with Crippen molar-refractivity contribution in [1.29, 1.82) is 0 Å². The van der Waals surface area contributed by atoms with Gasteiger partial charge in [0, 0.05) is 5.02 Å². The molecule has 7 heteroatoms. The van der Waals surface area contributed by atoms with Crippen LogP contribution in [0, 0.1) is 0 Å². The number of amides is 1. The van der Waals surface area contributed by atoms with Crippen LogP contribution in [-0.2, 0) is 20.7 Å². The molecule has 1 N–H and O–H groups in total. The van der Waals surface area contributed by atoms with Crippen LogP contribution in [0.15, 0.2) is 53.6 Å². The Morgan fingerprint density at radius 3 is 2.44 bits per heavy atom. The summed E-state index contributed by atoms with van der Waals surface area (Å²) in [6.45, 7) is -0.148. The summed E-state index contributed by atoms with van der Waals surface area (Å²) in [7, 11) is 1.30. The molecule has 0 aliphatic heterocycles. The van der Waals surface area contributed by atoms with E-state index in [4.69, 9.17) is 16.3 Å². The predicted octanol–water partition coefficient (Wildman–Crippen LogP) is 2.58. The largest absolute Gasteiger partial charge is 0.482 e. The highest BCUT2D eigenvalue weighted by molar-refractivity contribution is 6.30. The highest BCUT2D eigenvalue weighted by Crippen LogP contribution is 2.11. The van der Waals surface area contributed by atoms with Crippen molar-refractivity contribution >= 4 is 29.7 Å². The minimum Gasteiger partial charge on any atom is -0.482 e. The number of esters is 1. The third-order valence-electron chi connectivity index (χ3n) is 3.15. The fourth-order valence-corrected chi connectivity index (χ4v) is 1.98. The predicted molar refractivity (Wildman–Crippen MR) is 94.8 cm³/mol. The SMILES string of the molecule is COC(=O)COc1ccc(/C=N/NC(=O)Cc2ccc(Cl)cc2)cc1. The molecule has 0 spiro atoms. The van der Waals surface area contributed by atoms with Gasteiger partial charge in [0.25, 0.3) is 0 Å². The van der Waals surface area contributed by atoms with E-state index < -0.39 is 5.97 Å². The Morgan fingerprint density at radius 2 is 1.80 bits per heavy atom. The second-order valence-electron chi connectivity index (χ2n) is 5.03. The average Bonchev–Trinajstić information content (AvgIpc) is 2.62. The second-order valence-corrected chi connectivity index (χ2v) is 5.47. The van der Waals surface area contributed by atoms with Crippen LogP contribution in [0.2, 0.25) is 5.02 Å². The standard InChI is InChI=1S/C18H17ClN2O4/c1-24-18(23)12-25-16-8-4-14(5-9-16)11-20-21-17(22)10-13-2-6-15(19)7-3-13/h2-9,11H,10,12H2,1H3,(H,21,22)/b20-11+. The van der Waals surface area contributed by atoms with Gasteiger partial charge in [-0.2, -0.15) is 5.10 Å². The number of rotatable bonds is 7. The normalized spacial score (nSPS) is 10.5. The number of methoxy groups -OCH3 is 1. The van der Waals surface area contributed by atoms with Gasteiger partial charge in [0.15, 0.2) is 6.61 Å². The topological polar surface area (TPSA) is 77.0 Å². The lowest BCUT2D eigenvalue weighted by Crippen LogP contribution is -2.19. The van der Waals surface area contributed by atoms with E-state index in [9.17, 15) is 9.59 Å². The molecule has 0 atom stereocenters. The average molecular weight is 361 g/mol. The number of hydrazone groups is 1. The maximum Gasteiger partial charge on any atom is 0.343 e. The highest BCUT2D eigenvalue weighted by Gasteiger charge is 2.03. The summed E-state index contributed by atoms with van der Waals surface area (Å²) < 4.78 is 9.72. The third kappa shape index (κ3) is 6.64. The maximum atomic E-state index is 11.8. The number of halogens is 1. The van der Waals surface area contributed by atoms with Crippen LogP contribution in [0.4, 0.5) is 0 Å². The number of carbonyl (C=O) groups excluding carboxylic acids is 2. The smallest absolute Gasteiger partial charge is 0.343 e. The van der Waals surface area contributed by atoms with Crippen molar-refractivity contribution < 1.29 is 19.1 Å². The molecule has 0 radical (unpaired) electrons. The first-order chi connectivity index (χ1) is 12.1. The molecule has 2 rings (SSSR count). The number of hydrogen-bond acceptors (Lipinski definition) is 5. The molecule has 2 aromatic carbocycles.